The highest BCUT2D eigenvalue weighted by molar-refractivity contribution is 5.91. The minimum absolute atomic E-state index is 0.0224. The second-order valence-corrected chi connectivity index (χ2v) is 14.0. The van der Waals surface area contributed by atoms with Crippen molar-refractivity contribution < 1.29 is 33.4 Å². The third-order valence-electron chi connectivity index (χ3n) is 10.2. The van der Waals surface area contributed by atoms with Crippen molar-refractivity contribution in [1.29, 1.82) is 0 Å². The fraction of sp³-hybridized carbons (Fsp3) is 0.625. The van der Waals surface area contributed by atoms with E-state index in [0.29, 0.717) is 56.8 Å². The standard InChI is InChI=1S/C40H62N6O7/c1-6-10-21-42-35(47)13-11-15-37(49)44-28-17-19-30-31-20-18-29(45-38(50)16-12-14-36(48)43-22-23-52-27(5)41)25-33(31)34(32(30)24-28)26-53-39(51)46-40(7-2,8-3)9-4/h17-19,24-25,27,31,34H,6-16,20-23,26,41H2,1-5H3,(H,42,47)(H,43,48)(H,44,49)(H,45,50)(H,46,51). The monoisotopic (exact) mass is 738 g/mol. The fourth-order valence-electron chi connectivity index (χ4n) is 6.80. The van der Waals surface area contributed by atoms with Crippen LogP contribution in [0, 0.1) is 0 Å². The fourth-order valence-corrected chi connectivity index (χ4v) is 6.80. The molecule has 3 unspecified atom stereocenters. The first-order chi connectivity index (χ1) is 25.4. The van der Waals surface area contributed by atoms with E-state index in [4.69, 9.17) is 15.2 Å². The molecule has 0 aliphatic heterocycles. The minimum atomic E-state index is -0.477. The SMILES string of the molecule is CCCCNC(=O)CCCC(=O)Nc1ccc2c(c1)C(COC(=O)NC(CC)(CC)CC)C1=CC(NC(=O)CCCC(=O)NCCOC(C)N)=CCC12. The Bertz CT molecular complexity index is 1460. The van der Waals surface area contributed by atoms with E-state index in [9.17, 15) is 24.0 Å². The summed E-state index contributed by atoms with van der Waals surface area (Å²) < 4.78 is 11.1. The van der Waals surface area contributed by atoms with Gasteiger partial charge in [-0.1, -0.05) is 46.3 Å². The molecule has 0 bridgehead atoms. The average Bonchev–Trinajstić information content (AvgIpc) is 3.43. The number of rotatable bonds is 23. The highest BCUT2D eigenvalue weighted by atomic mass is 16.5. The number of unbranched alkanes of at least 4 members (excludes halogenated alkanes) is 1. The third kappa shape index (κ3) is 13.9. The molecule has 7 N–H and O–H groups in total. The quantitative estimate of drug-likeness (QED) is 0.0625. The zero-order valence-electron chi connectivity index (χ0n) is 32.4. The van der Waals surface area contributed by atoms with Gasteiger partial charge < -0.3 is 41.8 Å². The van der Waals surface area contributed by atoms with Crippen molar-refractivity contribution in [2.45, 2.75) is 135 Å². The average molecular weight is 739 g/mol. The van der Waals surface area contributed by atoms with Gasteiger partial charge in [-0.2, -0.15) is 0 Å². The van der Waals surface area contributed by atoms with Crippen molar-refractivity contribution in [3.63, 3.8) is 0 Å². The van der Waals surface area contributed by atoms with Gasteiger partial charge in [-0.05, 0) is 86.8 Å². The molecule has 2 aliphatic carbocycles. The highest BCUT2D eigenvalue weighted by Crippen LogP contribution is 2.50. The van der Waals surface area contributed by atoms with Crippen LogP contribution in [0.2, 0.25) is 0 Å². The van der Waals surface area contributed by atoms with Crippen molar-refractivity contribution in [3.8, 4) is 0 Å². The van der Waals surface area contributed by atoms with Crippen LogP contribution in [-0.2, 0) is 28.7 Å². The van der Waals surface area contributed by atoms with E-state index < -0.39 is 12.3 Å². The van der Waals surface area contributed by atoms with Crippen LogP contribution in [0.5, 0.6) is 0 Å². The summed E-state index contributed by atoms with van der Waals surface area (Å²) in [6.07, 6.45) is 9.73. The number of allylic oxidation sites excluding steroid dienone is 2. The van der Waals surface area contributed by atoms with Crippen molar-refractivity contribution >= 4 is 35.4 Å². The van der Waals surface area contributed by atoms with E-state index in [1.807, 2.05) is 51.1 Å². The minimum Gasteiger partial charge on any atom is -0.449 e. The van der Waals surface area contributed by atoms with Gasteiger partial charge in [-0.15, -0.1) is 0 Å². The van der Waals surface area contributed by atoms with Gasteiger partial charge in [0, 0.05) is 67.5 Å². The van der Waals surface area contributed by atoms with Gasteiger partial charge in [0.15, 0.2) is 0 Å². The molecule has 3 rings (SSSR count). The van der Waals surface area contributed by atoms with Crippen LogP contribution in [0.25, 0.3) is 0 Å². The first kappa shape index (κ1) is 43.2. The maximum absolute atomic E-state index is 13.1. The number of anilines is 1. The van der Waals surface area contributed by atoms with E-state index >= 15 is 0 Å². The molecule has 13 nitrogen and oxygen atoms in total. The maximum atomic E-state index is 13.1. The van der Waals surface area contributed by atoms with Gasteiger partial charge in [0.25, 0.3) is 0 Å². The summed E-state index contributed by atoms with van der Waals surface area (Å²) in [6.45, 7) is 11.3. The summed E-state index contributed by atoms with van der Waals surface area (Å²) in [6, 6.07) is 5.82. The smallest absolute Gasteiger partial charge is 0.407 e. The van der Waals surface area contributed by atoms with Gasteiger partial charge >= 0.3 is 6.09 Å². The molecule has 0 radical (unpaired) electrons. The van der Waals surface area contributed by atoms with Gasteiger partial charge in [0.05, 0.1) is 6.61 Å². The molecule has 0 heterocycles. The number of nitrogens with one attached hydrogen (secondary N) is 5. The molecule has 0 fully saturated rings. The molecule has 0 spiro atoms. The van der Waals surface area contributed by atoms with Crippen LogP contribution in [0.4, 0.5) is 10.5 Å². The summed E-state index contributed by atoms with van der Waals surface area (Å²) in [4.78, 5) is 63.0. The van der Waals surface area contributed by atoms with Crippen molar-refractivity contribution in [1.82, 2.24) is 21.3 Å². The number of benzene rings is 1. The summed E-state index contributed by atoms with van der Waals surface area (Å²) in [7, 11) is 0. The molecule has 13 heteroatoms. The molecular weight excluding hydrogens is 676 g/mol. The van der Waals surface area contributed by atoms with Crippen molar-refractivity contribution in [2.24, 2.45) is 5.73 Å². The number of hydrogen-bond donors (Lipinski definition) is 6. The van der Waals surface area contributed by atoms with Crippen LogP contribution in [0.3, 0.4) is 0 Å². The van der Waals surface area contributed by atoms with E-state index in [0.717, 1.165) is 48.8 Å². The lowest BCUT2D eigenvalue weighted by Crippen LogP contribution is -2.47. The van der Waals surface area contributed by atoms with Gasteiger partial charge in [0.2, 0.25) is 23.6 Å². The Kier molecular flexibility index (Phi) is 18.0. The zero-order valence-corrected chi connectivity index (χ0v) is 32.4. The van der Waals surface area contributed by atoms with Gasteiger partial charge in [-0.25, -0.2) is 4.79 Å². The van der Waals surface area contributed by atoms with Crippen molar-refractivity contribution in [3.05, 3.63) is 52.7 Å². The molecular formula is C40H62N6O7. The first-order valence-electron chi connectivity index (χ1n) is 19.4. The van der Waals surface area contributed by atoms with E-state index in [1.54, 1.807) is 6.92 Å². The lowest BCUT2D eigenvalue weighted by molar-refractivity contribution is -0.123. The first-order valence-corrected chi connectivity index (χ1v) is 19.4. The predicted molar refractivity (Wildman–Crippen MR) is 206 cm³/mol. The molecule has 0 aromatic heterocycles. The van der Waals surface area contributed by atoms with Crippen LogP contribution in [0.15, 0.2) is 41.6 Å². The number of ether oxygens (including phenoxy) is 2. The molecule has 294 valence electrons. The zero-order chi connectivity index (χ0) is 38.8. The van der Waals surface area contributed by atoms with Gasteiger partial charge in [0.1, 0.15) is 12.8 Å². The van der Waals surface area contributed by atoms with Crippen molar-refractivity contribution in [2.75, 3.05) is 31.6 Å². The Balaban J connectivity index is 1.68. The molecule has 3 atom stereocenters. The Morgan fingerprint density at radius 3 is 2.08 bits per heavy atom. The Hall–Kier alpha value is -4.23. The lowest BCUT2D eigenvalue weighted by Gasteiger charge is -2.31. The third-order valence-corrected chi connectivity index (χ3v) is 10.2. The second-order valence-electron chi connectivity index (χ2n) is 14.0. The molecule has 0 saturated heterocycles. The predicted octanol–water partition coefficient (Wildman–Crippen LogP) is 5.53. The number of hydrogen-bond acceptors (Lipinski definition) is 8. The Morgan fingerprint density at radius 2 is 1.45 bits per heavy atom. The number of nitrogens with two attached hydrogens (primary N) is 1. The summed E-state index contributed by atoms with van der Waals surface area (Å²) in [5, 5.41) is 14.7. The maximum Gasteiger partial charge on any atom is 0.407 e. The topological polar surface area (TPSA) is 190 Å². The molecule has 5 amide bonds. The van der Waals surface area contributed by atoms with Crippen LogP contribution in [0.1, 0.15) is 135 Å². The van der Waals surface area contributed by atoms with E-state index in [1.165, 1.54) is 0 Å². The molecule has 1 aromatic rings. The number of carbonyl (C=O) groups is 5. The highest BCUT2D eigenvalue weighted by Gasteiger charge is 2.38. The molecule has 1 aromatic carbocycles. The summed E-state index contributed by atoms with van der Waals surface area (Å²) in [5.74, 6) is -0.845. The summed E-state index contributed by atoms with van der Waals surface area (Å²) in [5.41, 5.74) is 9.54. The van der Waals surface area contributed by atoms with Crippen LogP contribution < -0.4 is 32.3 Å². The number of amides is 5. The number of alkyl carbamates (subject to hydrolysis) is 1. The largest absolute Gasteiger partial charge is 0.449 e. The molecule has 53 heavy (non-hydrogen) atoms. The van der Waals surface area contributed by atoms with E-state index in [2.05, 4.69) is 33.5 Å². The molecule has 2 aliphatic rings. The van der Waals surface area contributed by atoms with Gasteiger partial charge in [-0.3, -0.25) is 19.2 Å². The normalized spacial score (nSPS) is 16.6. The van der Waals surface area contributed by atoms with E-state index in [-0.39, 0.29) is 66.9 Å². The van der Waals surface area contributed by atoms with Crippen LogP contribution in [-0.4, -0.2) is 67.8 Å². The second kappa shape index (κ2) is 22.1. The Morgan fingerprint density at radius 1 is 0.830 bits per heavy atom. The number of carbonyl (C=O) groups excluding carboxylic acids is 5. The summed E-state index contributed by atoms with van der Waals surface area (Å²) >= 11 is 0. The Labute approximate surface area is 315 Å². The van der Waals surface area contributed by atoms with Crippen LogP contribution >= 0.6 is 0 Å². The lowest BCUT2D eigenvalue weighted by atomic mass is 9.87. The number of fused-ring (bicyclic) bond motifs is 3. The molecule has 0 saturated carbocycles.